The Kier molecular flexibility index (Phi) is 2.73. The molecule has 0 radical (unpaired) electrons. The molecule has 2 rings (SSSR count). The van der Waals surface area contributed by atoms with Gasteiger partial charge >= 0.3 is 0 Å². The van der Waals surface area contributed by atoms with Crippen molar-refractivity contribution in [3.8, 4) is 5.75 Å². The lowest BCUT2D eigenvalue weighted by Crippen LogP contribution is -2.06. The molecule has 1 aromatic rings. The van der Waals surface area contributed by atoms with Crippen LogP contribution in [0.25, 0.3) is 0 Å². The molecule has 1 aliphatic rings. The summed E-state index contributed by atoms with van der Waals surface area (Å²) in [6, 6.07) is 6.33. The van der Waals surface area contributed by atoms with Crippen LogP contribution in [0.1, 0.15) is 24.0 Å². The minimum absolute atomic E-state index is 0.467. The van der Waals surface area contributed by atoms with Gasteiger partial charge in [-0.25, -0.2) is 0 Å². The predicted octanol–water partition coefficient (Wildman–Crippen LogP) is 2.04. The monoisotopic (exact) mass is 191 g/mol. The molecule has 2 heteroatoms. The lowest BCUT2D eigenvalue weighted by Gasteiger charge is -2.10. The number of hydrogen-bond acceptors (Lipinski definition) is 2. The SMILES string of the molecule is Cc1ccc(OC2CC2)c(CCN)c1. The van der Waals surface area contributed by atoms with Gasteiger partial charge < -0.3 is 10.5 Å². The molecule has 0 heterocycles. The first-order valence-corrected chi connectivity index (χ1v) is 5.26. The summed E-state index contributed by atoms with van der Waals surface area (Å²) in [5.41, 5.74) is 8.09. The maximum Gasteiger partial charge on any atom is 0.122 e. The third kappa shape index (κ3) is 2.26. The lowest BCUT2D eigenvalue weighted by molar-refractivity contribution is 0.300. The van der Waals surface area contributed by atoms with Gasteiger partial charge in [0.05, 0.1) is 6.10 Å². The molecular weight excluding hydrogens is 174 g/mol. The van der Waals surface area contributed by atoms with Gasteiger partial charge in [0.15, 0.2) is 0 Å². The second-order valence-corrected chi connectivity index (χ2v) is 3.97. The molecule has 0 amide bonds. The van der Waals surface area contributed by atoms with Crippen molar-refractivity contribution in [2.24, 2.45) is 5.73 Å². The smallest absolute Gasteiger partial charge is 0.122 e. The van der Waals surface area contributed by atoms with Gasteiger partial charge in [-0.1, -0.05) is 17.7 Å². The van der Waals surface area contributed by atoms with Gasteiger partial charge in [-0.15, -0.1) is 0 Å². The Balaban J connectivity index is 2.17. The van der Waals surface area contributed by atoms with E-state index in [0.29, 0.717) is 12.6 Å². The molecule has 0 aromatic heterocycles. The van der Waals surface area contributed by atoms with Crippen LogP contribution in [0.15, 0.2) is 18.2 Å². The molecular formula is C12H17NO. The van der Waals surface area contributed by atoms with Crippen molar-refractivity contribution in [1.29, 1.82) is 0 Å². The maximum atomic E-state index is 5.81. The van der Waals surface area contributed by atoms with E-state index < -0.39 is 0 Å². The molecule has 76 valence electrons. The van der Waals surface area contributed by atoms with Crippen LogP contribution >= 0.6 is 0 Å². The molecule has 1 saturated carbocycles. The van der Waals surface area contributed by atoms with Gasteiger partial charge in [-0.05, 0) is 44.4 Å². The van der Waals surface area contributed by atoms with Gasteiger partial charge in [-0.3, -0.25) is 0 Å². The Morgan fingerprint density at radius 1 is 1.43 bits per heavy atom. The molecule has 0 aliphatic heterocycles. The van der Waals surface area contributed by atoms with E-state index in [2.05, 4.69) is 25.1 Å². The molecule has 2 N–H and O–H groups in total. The molecule has 0 atom stereocenters. The quantitative estimate of drug-likeness (QED) is 0.790. The number of nitrogens with two attached hydrogens (primary N) is 1. The first kappa shape index (κ1) is 9.53. The predicted molar refractivity (Wildman–Crippen MR) is 57.6 cm³/mol. The fraction of sp³-hybridized carbons (Fsp3) is 0.500. The summed E-state index contributed by atoms with van der Waals surface area (Å²) in [4.78, 5) is 0. The van der Waals surface area contributed by atoms with Gasteiger partial charge in [0, 0.05) is 0 Å². The normalized spacial score (nSPS) is 15.6. The van der Waals surface area contributed by atoms with Crippen molar-refractivity contribution in [2.45, 2.75) is 32.3 Å². The van der Waals surface area contributed by atoms with E-state index >= 15 is 0 Å². The summed E-state index contributed by atoms with van der Waals surface area (Å²) in [5.74, 6) is 1.03. The van der Waals surface area contributed by atoms with Crippen molar-refractivity contribution in [2.75, 3.05) is 6.54 Å². The summed E-state index contributed by atoms with van der Waals surface area (Å²) in [5, 5.41) is 0. The summed E-state index contributed by atoms with van der Waals surface area (Å²) in [6.45, 7) is 2.78. The van der Waals surface area contributed by atoms with Crippen LogP contribution in [0.4, 0.5) is 0 Å². The summed E-state index contributed by atoms with van der Waals surface area (Å²) < 4.78 is 5.81. The van der Waals surface area contributed by atoms with E-state index in [9.17, 15) is 0 Å². The Morgan fingerprint density at radius 2 is 2.21 bits per heavy atom. The van der Waals surface area contributed by atoms with E-state index in [1.807, 2.05) is 0 Å². The van der Waals surface area contributed by atoms with Gasteiger partial charge in [0.2, 0.25) is 0 Å². The molecule has 1 fully saturated rings. The minimum Gasteiger partial charge on any atom is -0.490 e. The third-order valence-corrected chi connectivity index (χ3v) is 2.45. The lowest BCUT2D eigenvalue weighted by atomic mass is 10.1. The molecule has 0 spiro atoms. The summed E-state index contributed by atoms with van der Waals surface area (Å²) in [6.07, 6.45) is 3.78. The first-order valence-electron chi connectivity index (χ1n) is 5.26. The summed E-state index contributed by atoms with van der Waals surface area (Å²) in [7, 11) is 0. The van der Waals surface area contributed by atoms with Gasteiger partial charge in [-0.2, -0.15) is 0 Å². The van der Waals surface area contributed by atoms with Crippen molar-refractivity contribution >= 4 is 0 Å². The maximum absolute atomic E-state index is 5.81. The zero-order valence-corrected chi connectivity index (χ0v) is 8.62. The van der Waals surface area contributed by atoms with Crippen LogP contribution in [0, 0.1) is 6.92 Å². The standard InChI is InChI=1S/C12H17NO/c1-9-2-5-12(14-11-3-4-11)10(8-9)6-7-13/h2,5,8,11H,3-4,6-7,13H2,1H3. The fourth-order valence-electron chi connectivity index (χ4n) is 1.54. The Hall–Kier alpha value is -1.02. The Morgan fingerprint density at radius 3 is 2.86 bits per heavy atom. The van der Waals surface area contributed by atoms with Crippen LogP contribution in [0.3, 0.4) is 0 Å². The number of ether oxygens (including phenoxy) is 1. The van der Waals surface area contributed by atoms with Crippen LogP contribution < -0.4 is 10.5 Å². The van der Waals surface area contributed by atoms with Crippen LogP contribution in [-0.2, 0) is 6.42 Å². The number of hydrogen-bond donors (Lipinski definition) is 1. The van der Waals surface area contributed by atoms with E-state index in [1.54, 1.807) is 0 Å². The highest BCUT2D eigenvalue weighted by molar-refractivity contribution is 5.37. The highest BCUT2D eigenvalue weighted by atomic mass is 16.5. The van der Waals surface area contributed by atoms with Gasteiger partial charge in [0.25, 0.3) is 0 Å². The van der Waals surface area contributed by atoms with E-state index in [4.69, 9.17) is 10.5 Å². The van der Waals surface area contributed by atoms with Crippen LogP contribution in [-0.4, -0.2) is 12.6 Å². The van der Waals surface area contributed by atoms with Crippen molar-refractivity contribution in [3.05, 3.63) is 29.3 Å². The topological polar surface area (TPSA) is 35.2 Å². The van der Waals surface area contributed by atoms with Gasteiger partial charge in [0.1, 0.15) is 5.75 Å². The molecule has 1 aliphatic carbocycles. The Bertz CT molecular complexity index is 318. The highest BCUT2D eigenvalue weighted by Crippen LogP contribution is 2.29. The number of rotatable bonds is 4. The average molecular weight is 191 g/mol. The van der Waals surface area contributed by atoms with Crippen LogP contribution in [0.2, 0.25) is 0 Å². The molecule has 14 heavy (non-hydrogen) atoms. The zero-order valence-electron chi connectivity index (χ0n) is 8.62. The second kappa shape index (κ2) is 4.01. The molecule has 0 bridgehead atoms. The highest BCUT2D eigenvalue weighted by Gasteiger charge is 2.24. The molecule has 2 nitrogen and oxygen atoms in total. The second-order valence-electron chi connectivity index (χ2n) is 3.97. The zero-order chi connectivity index (χ0) is 9.97. The van der Waals surface area contributed by atoms with E-state index in [0.717, 1.165) is 12.2 Å². The first-order chi connectivity index (χ1) is 6.79. The van der Waals surface area contributed by atoms with Crippen LogP contribution in [0.5, 0.6) is 5.75 Å². The largest absolute Gasteiger partial charge is 0.490 e. The van der Waals surface area contributed by atoms with Crippen molar-refractivity contribution in [3.63, 3.8) is 0 Å². The molecule has 0 unspecified atom stereocenters. The fourth-order valence-corrected chi connectivity index (χ4v) is 1.54. The number of aryl methyl sites for hydroxylation is 1. The third-order valence-electron chi connectivity index (χ3n) is 2.45. The van der Waals surface area contributed by atoms with Crippen molar-refractivity contribution < 1.29 is 4.74 Å². The number of benzene rings is 1. The average Bonchev–Trinajstić information content (AvgIpc) is 2.94. The minimum atomic E-state index is 0.467. The van der Waals surface area contributed by atoms with E-state index in [-0.39, 0.29) is 0 Å². The van der Waals surface area contributed by atoms with Crippen molar-refractivity contribution in [1.82, 2.24) is 0 Å². The summed E-state index contributed by atoms with van der Waals surface area (Å²) >= 11 is 0. The Labute approximate surface area is 85.1 Å². The van der Waals surface area contributed by atoms with E-state index in [1.165, 1.54) is 24.0 Å². The molecule has 0 saturated heterocycles. The molecule has 1 aromatic carbocycles.